The molecule has 1 aromatic carbocycles. The molecule has 8 nitrogen and oxygen atoms in total. The molecule has 0 saturated carbocycles. The van der Waals surface area contributed by atoms with Gasteiger partial charge in [-0.15, -0.1) is 0 Å². The Balaban J connectivity index is 0.000000396. The number of halogens is 3. The van der Waals surface area contributed by atoms with Crippen molar-refractivity contribution in [3.8, 4) is 11.3 Å². The quantitative estimate of drug-likeness (QED) is 0.744. The average molecular weight is 448 g/mol. The van der Waals surface area contributed by atoms with Gasteiger partial charge in [-0.1, -0.05) is 12.1 Å². The molecule has 1 saturated heterocycles. The molecule has 0 bridgehead atoms. The summed E-state index contributed by atoms with van der Waals surface area (Å²) in [5.41, 5.74) is 1.96. The van der Waals surface area contributed by atoms with Crippen molar-refractivity contribution in [1.82, 2.24) is 19.4 Å². The van der Waals surface area contributed by atoms with Crippen LogP contribution >= 0.6 is 0 Å². The number of sulfonamides is 1. The molecule has 12 heteroatoms. The second-order valence-corrected chi connectivity index (χ2v) is 8.67. The van der Waals surface area contributed by atoms with Crippen molar-refractivity contribution in [1.29, 1.82) is 0 Å². The molecule has 1 aromatic heterocycles. The van der Waals surface area contributed by atoms with Gasteiger partial charge in [0.05, 0.1) is 10.6 Å². The van der Waals surface area contributed by atoms with Crippen molar-refractivity contribution in [2.45, 2.75) is 31.0 Å². The minimum absolute atomic E-state index is 0.254. The van der Waals surface area contributed by atoms with E-state index in [-0.39, 0.29) is 6.04 Å². The highest BCUT2D eigenvalue weighted by Crippen LogP contribution is 2.25. The van der Waals surface area contributed by atoms with Crippen LogP contribution in [0.25, 0.3) is 11.3 Å². The monoisotopic (exact) mass is 448 g/mol. The van der Waals surface area contributed by atoms with Crippen LogP contribution in [0.2, 0.25) is 0 Å². The number of carboxylic acid groups (broad SMARTS) is 1. The molecule has 0 unspecified atom stereocenters. The maximum atomic E-state index is 12.6. The number of nitrogens with one attached hydrogen (secondary N) is 1. The Bertz CT molecular complexity index is 951. The van der Waals surface area contributed by atoms with Gasteiger partial charge in [-0.3, -0.25) is 4.68 Å². The molecule has 2 N–H and O–H groups in total. The van der Waals surface area contributed by atoms with E-state index in [1.165, 1.54) is 4.31 Å². The smallest absolute Gasteiger partial charge is 0.475 e. The fourth-order valence-electron chi connectivity index (χ4n) is 2.79. The molecule has 1 aliphatic heterocycles. The van der Waals surface area contributed by atoms with Gasteiger partial charge in [-0.25, -0.2) is 13.2 Å². The van der Waals surface area contributed by atoms with Crippen LogP contribution in [-0.2, 0) is 14.8 Å². The number of alkyl halides is 3. The number of carbonyl (C=O) groups is 1. The van der Waals surface area contributed by atoms with E-state index >= 15 is 0 Å². The second-order valence-electron chi connectivity index (χ2n) is 6.74. The van der Waals surface area contributed by atoms with E-state index in [2.05, 4.69) is 24.3 Å². The molecule has 0 amide bonds. The van der Waals surface area contributed by atoms with E-state index in [0.29, 0.717) is 31.1 Å². The van der Waals surface area contributed by atoms with E-state index in [9.17, 15) is 21.6 Å². The number of benzene rings is 1. The highest BCUT2D eigenvalue weighted by Gasteiger charge is 2.38. The third kappa shape index (κ3) is 5.80. The number of rotatable bonds is 4. The molecule has 1 fully saturated rings. The normalized spacial score (nSPS) is 15.5. The van der Waals surface area contributed by atoms with Crippen LogP contribution < -0.4 is 5.32 Å². The van der Waals surface area contributed by atoms with Gasteiger partial charge in [0.2, 0.25) is 10.0 Å². The van der Waals surface area contributed by atoms with Crippen molar-refractivity contribution in [3.63, 3.8) is 0 Å². The van der Waals surface area contributed by atoms with Crippen molar-refractivity contribution < 1.29 is 31.5 Å². The third-order valence-electron chi connectivity index (χ3n) is 4.27. The Kier molecular flexibility index (Phi) is 7.61. The summed E-state index contributed by atoms with van der Waals surface area (Å²) in [6, 6.07) is 9.27. The van der Waals surface area contributed by atoms with Crippen LogP contribution in [0.5, 0.6) is 0 Å². The SMILES string of the molecule is CC(C)n1nccc1-c1ccc(S(=O)(=O)N2CCNCC2)cc1.O=C(O)C(F)(F)F. The topological polar surface area (TPSA) is 105 Å². The van der Waals surface area contributed by atoms with E-state index in [1.54, 1.807) is 18.3 Å². The maximum Gasteiger partial charge on any atom is 0.490 e. The zero-order valence-corrected chi connectivity index (χ0v) is 17.2. The Hall–Kier alpha value is -2.44. The first-order valence-electron chi connectivity index (χ1n) is 9.09. The zero-order chi connectivity index (χ0) is 22.5. The van der Waals surface area contributed by atoms with E-state index in [0.717, 1.165) is 11.3 Å². The molecule has 0 radical (unpaired) electrons. The third-order valence-corrected chi connectivity index (χ3v) is 6.18. The first-order chi connectivity index (χ1) is 13.9. The van der Waals surface area contributed by atoms with Crippen molar-refractivity contribution in [2.75, 3.05) is 26.2 Å². The number of hydrogen-bond donors (Lipinski definition) is 2. The first-order valence-corrected chi connectivity index (χ1v) is 10.5. The van der Waals surface area contributed by atoms with Gasteiger partial charge in [-0.2, -0.15) is 22.6 Å². The standard InChI is InChI=1S/C16H22N4O2S.C2HF3O2/c1-13(2)20-16(7-8-18-20)14-3-5-15(6-4-14)23(21,22)19-11-9-17-10-12-19;3-2(4,5)1(6)7/h3-8,13,17H,9-12H2,1-2H3;(H,6,7). The van der Waals surface area contributed by atoms with Crippen molar-refractivity contribution in [3.05, 3.63) is 36.5 Å². The summed E-state index contributed by atoms with van der Waals surface area (Å²) >= 11 is 0. The molecule has 1 aliphatic rings. The van der Waals surface area contributed by atoms with Crippen molar-refractivity contribution in [2.24, 2.45) is 0 Å². The Morgan fingerprint density at radius 3 is 2.13 bits per heavy atom. The van der Waals surface area contributed by atoms with Crippen LogP contribution in [0.3, 0.4) is 0 Å². The minimum Gasteiger partial charge on any atom is -0.475 e. The molecule has 3 rings (SSSR count). The lowest BCUT2D eigenvalue weighted by Crippen LogP contribution is -2.46. The molecule has 2 heterocycles. The molecular weight excluding hydrogens is 425 g/mol. The van der Waals surface area contributed by atoms with Crippen LogP contribution in [0, 0.1) is 0 Å². The number of nitrogens with zero attached hydrogens (tertiary/aromatic N) is 3. The Morgan fingerprint density at radius 2 is 1.67 bits per heavy atom. The number of aromatic nitrogens is 2. The highest BCUT2D eigenvalue weighted by atomic mass is 32.2. The molecule has 0 spiro atoms. The molecule has 2 aromatic rings. The van der Waals surface area contributed by atoms with Gasteiger partial charge in [-0.05, 0) is 37.6 Å². The molecule has 0 atom stereocenters. The summed E-state index contributed by atoms with van der Waals surface area (Å²) < 4.78 is 60.5. The summed E-state index contributed by atoms with van der Waals surface area (Å²) in [5, 5.41) is 14.6. The van der Waals surface area contributed by atoms with Gasteiger partial charge in [0.1, 0.15) is 0 Å². The Labute approximate surface area is 172 Å². The number of hydrogen-bond acceptors (Lipinski definition) is 5. The van der Waals surface area contributed by atoms with Gasteiger partial charge in [0, 0.05) is 38.4 Å². The molecular formula is C18H23F3N4O4S. The summed E-state index contributed by atoms with van der Waals surface area (Å²) in [6.45, 7) is 6.57. The average Bonchev–Trinajstić information content (AvgIpc) is 3.19. The lowest BCUT2D eigenvalue weighted by atomic mass is 10.1. The fraction of sp³-hybridized carbons (Fsp3) is 0.444. The summed E-state index contributed by atoms with van der Waals surface area (Å²) in [4.78, 5) is 9.24. The molecule has 166 valence electrons. The van der Waals surface area contributed by atoms with E-state index < -0.39 is 22.2 Å². The predicted molar refractivity (Wildman–Crippen MR) is 103 cm³/mol. The highest BCUT2D eigenvalue weighted by molar-refractivity contribution is 7.89. The van der Waals surface area contributed by atoms with Crippen LogP contribution in [0.15, 0.2) is 41.4 Å². The summed E-state index contributed by atoms with van der Waals surface area (Å²) in [5.74, 6) is -2.76. The lowest BCUT2D eigenvalue weighted by Gasteiger charge is -2.26. The van der Waals surface area contributed by atoms with Crippen molar-refractivity contribution >= 4 is 16.0 Å². The van der Waals surface area contributed by atoms with E-state index in [4.69, 9.17) is 9.90 Å². The molecule has 30 heavy (non-hydrogen) atoms. The summed E-state index contributed by atoms with van der Waals surface area (Å²) in [7, 11) is -3.40. The largest absolute Gasteiger partial charge is 0.490 e. The summed E-state index contributed by atoms with van der Waals surface area (Å²) in [6.07, 6.45) is -3.32. The second kappa shape index (κ2) is 9.58. The Morgan fingerprint density at radius 1 is 1.13 bits per heavy atom. The first kappa shape index (κ1) is 23.8. The predicted octanol–water partition coefficient (Wildman–Crippen LogP) is 2.36. The fourth-order valence-corrected chi connectivity index (χ4v) is 4.23. The van der Waals surface area contributed by atoms with Crippen LogP contribution in [0.4, 0.5) is 13.2 Å². The van der Waals surface area contributed by atoms with Gasteiger partial charge in [0.25, 0.3) is 0 Å². The zero-order valence-electron chi connectivity index (χ0n) is 16.4. The van der Waals surface area contributed by atoms with Crippen LogP contribution in [-0.4, -0.2) is 65.9 Å². The number of carboxylic acids is 1. The van der Waals surface area contributed by atoms with Gasteiger partial charge < -0.3 is 10.4 Å². The molecule has 0 aliphatic carbocycles. The number of piperazine rings is 1. The lowest BCUT2D eigenvalue weighted by molar-refractivity contribution is -0.192. The van der Waals surface area contributed by atoms with Gasteiger partial charge >= 0.3 is 12.1 Å². The van der Waals surface area contributed by atoms with Gasteiger partial charge in [0.15, 0.2) is 0 Å². The van der Waals surface area contributed by atoms with E-state index in [1.807, 2.05) is 22.9 Å². The maximum absolute atomic E-state index is 12.6. The minimum atomic E-state index is -5.08. The van der Waals surface area contributed by atoms with Crippen LogP contribution in [0.1, 0.15) is 19.9 Å². The number of aliphatic carboxylic acids is 1.